The first-order valence-electron chi connectivity index (χ1n) is 14.7. The summed E-state index contributed by atoms with van der Waals surface area (Å²) in [4.78, 5) is 0. The van der Waals surface area contributed by atoms with Gasteiger partial charge < -0.3 is 0 Å². The standard InChI is InChI=1S/C36H59P/c1-16-18-37(24-30-26(3)21-28(34(7,8)9)23-32(30)36(13,14)15)19-17-29-25(2)20-27(33(4,5)6)22-31(29)35(10,11)12/h20-23H,16-19,24H2,1-15H3. The number of hydrogen-bond acceptors (Lipinski definition) is 0. The molecule has 0 saturated carbocycles. The van der Waals surface area contributed by atoms with Crippen LogP contribution in [0, 0.1) is 13.8 Å². The van der Waals surface area contributed by atoms with Gasteiger partial charge in [-0.3, -0.25) is 0 Å². The highest BCUT2D eigenvalue weighted by molar-refractivity contribution is 7.56. The lowest BCUT2D eigenvalue weighted by molar-refractivity contribution is 0.562. The third kappa shape index (κ3) is 8.43. The average molecular weight is 523 g/mol. The monoisotopic (exact) mass is 522 g/mol. The van der Waals surface area contributed by atoms with Crippen molar-refractivity contribution in [2.24, 2.45) is 0 Å². The van der Waals surface area contributed by atoms with Crippen LogP contribution in [0.1, 0.15) is 141 Å². The molecule has 2 aromatic rings. The summed E-state index contributed by atoms with van der Waals surface area (Å²) in [5.74, 6) is 0. The second kappa shape index (κ2) is 11.5. The zero-order chi connectivity index (χ0) is 28.6. The summed E-state index contributed by atoms with van der Waals surface area (Å²) in [5, 5.41) is 0. The Morgan fingerprint density at radius 2 is 0.946 bits per heavy atom. The first kappa shape index (κ1) is 32.1. The third-order valence-corrected chi connectivity index (χ3v) is 10.6. The van der Waals surface area contributed by atoms with Crippen LogP contribution < -0.4 is 0 Å². The van der Waals surface area contributed by atoms with E-state index in [1.165, 1.54) is 53.6 Å². The molecule has 1 unspecified atom stereocenters. The van der Waals surface area contributed by atoms with Crippen molar-refractivity contribution in [1.82, 2.24) is 0 Å². The molecule has 0 aliphatic heterocycles. The van der Waals surface area contributed by atoms with Crippen molar-refractivity contribution in [2.45, 2.75) is 145 Å². The Morgan fingerprint density at radius 3 is 1.32 bits per heavy atom. The maximum Gasteiger partial charge on any atom is -0.00674 e. The van der Waals surface area contributed by atoms with E-state index >= 15 is 0 Å². The molecular weight excluding hydrogens is 463 g/mol. The van der Waals surface area contributed by atoms with Crippen molar-refractivity contribution in [3.05, 3.63) is 68.8 Å². The minimum atomic E-state index is -0.0689. The Bertz CT molecular complexity index is 1060. The van der Waals surface area contributed by atoms with Gasteiger partial charge in [0, 0.05) is 0 Å². The summed E-state index contributed by atoms with van der Waals surface area (Å²) in [6.07, 6.45) is 6.44. The number of aryl methyl sites for hydroxylation is 2. The topological polar surface area (TPSA) is 0 Å². The Hall–Kier alpha value is -1.13. The first-order valence-corrected chi connectivity index (χ1v) is 16.6. The fraction of sp³-hybridized carbons (Fsp3) is 0.667. The predicted molar refractivity (Wildman–Crippen MR) is 172 cm³/mol. The molecular formula is C36H59P. The van der Waals surface area contributed by atoms with Crippen molar-refractivity contribution >= 4 is 7.92 Å². The number of hydrogen-bond donors (Lipinski definition) is 0. The van der Waals surface area contributed by atoms with Crippen LogP contribution in [-0.4, -0.2) is 12.3 Å². The van der Waals surface area contributed by atoms with Gasteiger partial charge in [0.1, 0.15) is 0 Å². The quantitative estimate of drug-likeness (QED) is 0.317. The molecule has 2 rings (SSSR count). The largest absolute Gasteiger partial charge is 0.102 e. The van der Waals surface area contributed by atoms with E-state index < -0.39 is 0 Å². The molecule has 0 heterocycles. The summed E-state index contributed by atoms with van der Waals surface area (Å²) in [6.45, 7) is 35.5. The fourth-order valence-electron chi connectivity index (χ4n) is 5.46. The van der Waals surface area contributed by atoms with Crippen LogP contribution in [0.15, 0.2) is 24.3 Å². The van der Waals surface area contributed by atoms with E-state index in [0.29, 0.717) is 0 Å². The zero-order valence-electron chi connectivity index (χ0n) is 27.3. The maximum absolute atomic E-state index is 2.54. The molecule has 0 spiro atoms. The van der Waals surface area contributed by atoms with Crippen LogP contribution >= 0.6 is 7.92 Å². The summed E-state index contributed by atoms with van der Waals surface area (Å²) in [6, 6.07) is 10.0. The average Bonchev–Trinajstić information content (AvgIpc) is 2.70. The fourth-order valence-corrected chi connectivity index (χ4v) is 8.04. The summed E-state index contributed by atoms with van der Waals surface area (Å²) < 4.78 is 0. The molecule has 0 radical (unpaired) electrons. The SMILES string of the molecule is CCCP(CCc1c(C)cc(C(C)(C)C)cc1C(C)(C)C)Cc1c(C)cc(C(C)(C)C)cc1C(C)(C)C. The molecule has 37 heavy (non-hydrogen) atoms. The highest BCUT2D eigenvalue weighted by atomic mass is 31.1. The molecule has 0 saturated heterocycles. The van der Waals surface area contributed by atoms with Crippen LogP contribution in [0.5, 0.6) is 0 Å². The van der Waals surface area contributed by atoms with Gasteiger partial charge in [-0.2, -0.15) is 0 Å². The van der Waals surface area contributed by atoms with E-state index in [-0.39, 0.29) is 29.6 Å². The van der Waals surface area contributed by atoms with Gasteiger partial charge in [0.2, 0.25) is 0 Å². The Balaban J connectivity index is 2.48. The van der Waals surface area contributed by atoms with Crippen molar-refractivity contribution < 1.29 is 0 Å². The summed E-state index contributed by atoms with van der Waals surface area (Å²) in [5.41, 5.74) is 13.0. The number of benzene rings is 2. The van der Waals surface area contributed by atoms with Crippen LogP contribution in [0.3, 0.4) is 0 Å². The van der Waals surface area contributed by atoms with E-state index in [9.17, 15) is 0 Å². The molecule has 1 atom stereocenters. The summed E-state index contributed by atoms with van der Waals surface area (Å²) in [7, 11) is -0.0689. The normalized spacial score (nSPS) is 14.2. The van der Waals surface area contributed by atoms with Gasteiger partial charge in [-0.15, -0.1) is 7.92 Å². The van der Waals surface area contributed by atoms with E-state index in [2.05, 4.69) is 128 Å². The van der Waals surface area contributed by atoms with Crippen molar-refractivity contribution in [1.29, 1.82) is 0 Å². The lowest BCUT2D eigenvalue weighted by atomic mass is 9.76. The molecule has 0 N–H and O–H groups in total. The molecule has 208 valence electrons. The predicted octanol–water partition coefficient (Wildman–Crippen LogP) is 11.1. The third-order valence-electron chi connectivity index (χ3n) is 7.89. The van der Waals surface area contributed by atoms with Crippen LogP contribution in [-0.2, 0) is 34.2 Å². The Kier molecular flexibility index (Phi) is 10.0. The molecule has 0 aliphatic carbocycles. The molecule has 0 amide bonds. The van der Waals surface area contributed by atoms with Crippen LogP contribution in [0.25, 0.3) is 0 Å². The van der Waals surface area contributed by atoms with Crippen molar-refractivity contribution in [2.75, 3.05) is 12.3 Å². The zero-order valence-corrected chi connectivity index (χ0v) is 28.2. The van der Waals surface area contributed by atoms with E-state index in [1.807, 2.05) is 0 Å². The highest BCUT2D eigenvalue weighted by Crippen LogP contribution is 2.46. The van der Waals surface area contributed by atoms with E-state index in [4.69, 9.17) is 0 Å². The minimum absolute atomic E-state index is 0.0689. The highest BCUT2D eigenvalue weighted by Gasteiger charge is 2.27. The Labute approximate surface area is 233 Å². The maximum atomic E-state index is 2.54. The minimum Gasteiger partial charge on any atom is -0.102 e. The molecule has 0 aromatic heterocycles. The molecule has 2 aromatic carbocycles. The first-order chi connectivity index (χ1) is 16.7. The smallest absolute Gasteiger partial charge is 0.00674 e. The van der Waals surface area contributed by atoms with Gasteiger partial charge in [0.25, 0.3) is 0 Å². The lowest BCUT2D eigenvalue weighted by Crippen LogP contribution is -2.20. The van der Waals surface area contributed by atoms with Crippen LogP contribution in [0.2, 0.25) is 0 Å². The molecule has 0 aliphatic rings. The second-order valence-corrected chi connectivity index (χ2v) is 18.2. The number of rotatable bonds is 7. The molecule has 0 bridgehead atoms. The van der Waals surface area contributed by atoms with Gasteiger partial charge in [-0.25, -0.2) is 0 Å². The van der Waals surface area contributed by atoms with Crippen molar-refractivity contribution in [3.63, 3.8) is 0 Å². The van der Waals surface area contributed by atoms with Gasteiger partial charge >= 0.3 is 0 Å². The molecule has 0 nitrogen and oxygen atoms in total. The second-order valence-electron chi connectivity index (χ2n) is 15.7. The summed E-state index contributed by atoms with van der Waals surface area (Å²) >= 11 is 0. The molecule has 0 fully saturated rings. The van der Waals surface area contributed by atoms with Gasteiger partial charge in [0.05, 0.1) is 0 Å². The van der Waals surface area contributed by atoms with Crippen molar-refractivity contribution in [3.8, 4) is 0 Å². The van der Waals surface area contributed by atoms with Crippen LogP contribution in [0.4, 0.5) is 0 Å². The molecule has 1 heteroatoms. The lowest BCUT2D eigenvalue weighted by Gasteiger charge is -2.32. The Morgan fingerprint density at radius 1 is 0.541 bits per heavy atom. The van der Waals surface area contributed by atoms with Gasteiger partial charge in [-0.05, 0) is 105 Å². The van der Waals surface area contributed by atoms with E-state index in [1.54, 1.807) is 22.3 Å². The van der Waals surface area contributed by atoms with E-state index in [0.717, 1.165) is 0 Å². The van der Waals surface area contributed by atoms with Gasteiger partial charge in [0.15, 0.2) is 0 Å². The van der Waals surface area contributed by atoms with Gasteiger partial charge in [-0.1, -0.05) is 121 Å².